The van der Waals surface area contributed by atoms with Gasteiger partial charge in [0.25, 0.3) is 11.5 Å². The second-order valence-corrected chi connectivity index (χ2v) is 6.43. The molecule has 3 heterocycles. The number of anilines is 1. The first-order chi connectivity index (χ1) is 12.7. The van der Waals surface area contributed by atoms with Gasteiger partial charge in [-0.3, -0.25) is 19.3 Å². The molecule has 3 aromatic rings. The lowest BCUT2D eigenvalue weighted by Crippen LogP contribution is -2.26. The average Bonchev–Trinajstić information content (AvgIpc) is 3.08. The van der Waals surface area contributed by atoms with Crippen LogP contribution in [0.5, 0.6) is 0 Å². The number of rotatable bonds is 4. The molecular formula is C19H19N5O2. The normalized spacial score (nSPS) is 13.2. The van der Waals surface area contributed by atoms with Gasteiger partial charge in [0, 0.05) is 30.4 Å². The Hall–Kier alpha value is -3.22. The Kier molecular flexibility index (Phi) is 4.35. The van der Waals surface area contributed by atoms with Crippen LogP contribution in [0.2, 0.25) is 0 Å². The van der Waals surface area contributed by atoms with E-state index in [1.165, 1.54) is 0 Å². The average molecular weight is 349 g/mol. The highest BCUT2D eigenvalue weighted by Crippen LogP contribution is 2.19. The number of carbonyl (C=O) groups excluding carboxylic acids is 1. The molecule has 0 radical (unpaired) electrons. The highest BCUT2D eigenvalue weighted by atomic mass is 16.2. The van der Waals surface area contributed by atoms with Crippen LogP contribution in [0.3, 0.4) is 0 Å². The first-order valence-corrected chi connectivity index (χ1v) is 8.68. The van der Waals surface area contributed by atoms with Gasteiger partial charge in [0.2, 0.25) is 0 Å². The second-order valence-electron chi connectivity index (χ2n) is 6.43. The molecular weight excluding hydrogens is 330 g/mol. The summed E-state index contributed by atoms with van der Waals surface area (Å²) in [5.41, 5.74) is 2.87. The fourth-order valence-electron chi connectivity index (χ4n) is 3.22. The Morgan fingerprint density at radius 2 is 2.00 bits per heavy atom. The van der Waals surface area contributed by atoms with Gasteiger partial charge >= 0.3 is 0 Å². The molecule has 0 unspecified atom stereocenters. The van der Waals surface area contributed by atoms with Gasteiger partial charge in [0.05, 0.1) is 6.54 Å². The Labute approximate surface area is 150 Å². The number of aryl methyl sites for hydroxylation is 2. The lowest BCUT2D eigenvalue weighted by molar-refractivity contribution is 0.102. The zero-order valence-corrected chi connectivity index (χ0v) is 14.2. The molecule has 2 N–H and O–H groups in total. The third-order valence-electron chi connectivity index (χ3n) is 4.56. The first kappa shape index (κ1) is 16.3. The number of hydrogen-bond acceptors (Lipinski definition) is 4. The summed E-state index contributed by atoms with van der Waals surface area (Å²) < 4.78 is 1.72. The van der Waals surface area contributed by atoms with E-state index in [2.05, 4.69) is 20.4 Å². The lowest BCUT2D eigenvalue weighted by Gasteiger charge is -2.15. The predicted molar refractivity (Wildman–Crippen MR) is 97.2 cm³/mol. The summed E-state index contributed by atoms with van der Waals surface area (Å²) in [6.07, 6.45) is 9.16. The first-order valence-electron chi connectivity index (χ1n) is 8.68. The summed E-state index contributed by atoms with van der Waals surface area (Å²) in [6, 6.07) is 7.25. The molecule has 26 heavy (non-hydrogen) atoms. The monoisotopic (exact) mass is 349 g/mol. The highest BCUT2D eigenvalue weighted by molar-refractivity contribution is 6.03. The Morgan fingerprint density at radius 1 is 1.19 bits per heavy atom. The van der Waals surface area contributed by atoms with Gasteiger partial charge in [-0.05, 0) is 55.0 Å². The number of fused-ring (bicyclic) bond motifs is 1. The second kappa shape index (κ2) is 6.95. The van der Waals surface area contributed by atoms with Crippen LogP contribution in [0.4, 0.5) is 5.82 Å². The smallest absolute Gasteiger partial charge is 0.262 e. The van der Waals surface area contributed by atoms with Gasteiger partial charge in [0.15, 0.2) is 5.82 Å². The fraction of sp³-hybridized carbons (Fsp3) is 0.263. The molecule has 0 saturated carbocycles. The molecule has 0 bridgehead atoms. The number of nitrogens with zero attached hydrogens (tertiary/aromatic N) is 3. The van der Waals surface area contributed by atoms with Crippen LogP contribution in [0.25, 0.3) is 0 Å². The summed E-state index contributed by atoms with van der Waals surface area (Å²) in [4.78, 5) is 31.6. The molecule has 7 nitrogen and oxygen atoms in total. The molecule has 0 fully saturated rings. The number of carbonyl (C=O) groups is 1. The van der Waals surface area contributed by atoms with Crippen LogP contribution in [0.15, 0.2) is 47.7 Å². The SMILES string of the molecule is O=C(Nc1ccn(Cc2ccncc2)n1)c1cc2c([nH]c1=O)CCCC2. The molecule has 7 heteroatoms. The number of aromatic amines is 1. The zero-order valence-electron chi connectivity index (χ0n) is 14.2. The van der Waals surface area contributed by atoms with E-state index in [0.29, 0.717) is 12.4 Å². The zero-order chi connectivity index (χ0) is 17.9. The van der Waals surface area contributed by atoms with Crippen molar-refractivity contribution in [3.63, 3.8) is 0 Å². The molecule has 132 valence electrons. The minimum Gasteiger partial charge on any atom is -0.325 e. The van der Waals surface area contributed by atoms with Gasteiger partial charge in [-0.1, -0.05) is 0 Å². The highest BCUT2D eigenvalue weighted by Gasteiger charge is 2.17. The maximum Gasteiger partial charge on any atom is 0.262 e. The van der Waals surface area contributed by atoms with Crippen molar-refractivity contribution in [3.05, 3.63) is 75.6 Å². The van der Waals surface area contributed by atoms with Gasteiger partial charge in [-0.25, -0.2) is 0 Å². The summed E-state index contributed by atoms with van der Waals surface area (Å²) in [5.74, 6) is -0.0186. The summed E-state index contributed by atoms with van der Waals surface area (Å²) >= 11 is 0. The van der Waals surface area contributed by atoms with Gasteiger partial charge < -0.3 is 10.3 Å². The minimum absolute atomic E-state index is 0.134. The van der Waals surface area contributed by atoms with Crippen LogP contribution in [0, 0.1) is 0 Å². The van der Waals surface area contributed by atoms with Gasteiger partial charge in [-0.15, -0.1) is 0 Å². The Balaban J connectivity index is 1.49. The molecule has 0 aliphatic heterocycles. The van der Waals surface area contributed by atoms with Crippen molar-refractivity contribution in [2.45, 2.75) is 32.2 Å². The number of hydrogen-bond donors (Lipinski definition) is 2. The topological polar surface area (TPSA) is 92.7 Å². The van der Waals surface area contributed by atoms with Crippen LogP contribution in [0.1, 0.15) is 40.0 Å². The molecule has 0 saturated heterocycles. The van der Waals surface area contributed by atoms with E-state index in [4.69, 9.17) is 0 Å². The third-order valence-corrected chi connectivity index (χ3v) is 4.56. The Bertz CT molecular complexity index is 991. The largest absolute Gasteiger partial charge is 0.325 e. The fourth-order valence-corrected chi connectivity index (χ4v) is 3.22. The van der Waals surface area contributed by atoms with Crippen molar-refractivity contribution in [3.8, 4) is 0 Å². The molecule has 0 aromatic carbocycles. The lowest BCUT2D eigenvalue weighted by atomic mass is 9.95. The van der Waals surface area contributed by atoms with E-state index < -0.39 is 5.91 Å². The van der Waals surface area contributed by atoms with Crippen LogP contribution in [-0.2, 0) is 19.4 Å². The molecule has 3 aromatic heterocycles. The van der Waals surface area contributed by atoms with E-state index in [9.17, 15) is 9.59 Å². The van der Waals surface area contributed by atoms with E-state index in [0.717, 1.165) is 42.5 Å². The van der Waals surface area contributed by atoms with Crippen molar-refractivity contribution in [1.82, 2.24) is 19.7 Å². The molecule has 0 spiro atoms. The van der Waals surface area contributed by atoms with Crippen molar-refractivity contribution in [2.24, 2.45) is 0 Å². The molecule has 4 rings (SSSR count). The van der Waals surface area contributed by atoms with Crippen LogP contribution in [-0.4, -0.2) is 25.7 Å². The maximum atomic E-state index is 12.5. The van der Waals surface area contributed by atoms with Gasteiger partial charge in [-0.2, -0.15) is 5.10 Å². The summed E-state index contributed by atoms with van der Waals surface area (Å²) in [5, 5.41) is 7.05. The third kappa shape index (κ3) is 3.42. The van der Waals surface area contributed by atoms with Crippen molar-refractivity contribution < 1.29 is 4.79 Å². The quantitative estimate of drug-likeness (QED) is 0.755. The Morgan fingerprint density at radius 3 is 2.85 bits per heavy atom. The molecule has 1 aliphatic rings. The maximum absolute atomic E-state index is 12.5. The van der Waals surface area contributed by atoms with E-state index >= 15 is 0 Å². The van der Waals surface area contributed by atoms with Crippen molar-refractivity contribution >= 4 is 11.7 Å². The summed E-state index contributed by atoms with van der Waals surface area (Å²) in [6.45, 7) is 0.581. The van der Waals surface area contributed by atoms with Crippen LogP contribution < -0.4 is 10.9 Å². The van der Waals surface area contributed by atoms with E-state index in [1.54, 1.807) is 35.4 Å². The number of H-pyrrole nitrogens is 1. The molecule has 1 aliphatic carbocycles. The number of nitrogens with one attached hydrogen (secondary N) is 2. The van der Waals surface area contributed by atoms with E-state index in [1.807, 2.05) is 12.1 Å². The van der Waals surface area contributed by atoms with Crippen molar-refractivity contribution in [1.29, 1.82) is 0 Å². The summed E-state index contributed by atoms with van der Waals surface area (Å²) in [7, 11) is 0. The minimum atomic E-state index is -0.436. The number of aromatic nitrogens is 4. The van der Waals surface area contributed by atoms with E-state index in [-0.39, 0.29) is 11.1 Å². The molecule has 1 amide bonds. The van der Waals surface area contributed by atoms with Gasteiger partial charge in [0.1, 0.15) is 5.56 Å². The molecule has 0 atom stereocenters. The number of pyridine rings is 2. The predicted octanol–water partition coefficient (Wildman–Crippen LogP) is 2.15. The number of amides is 1. The van der Waals surface area contributed by atoms with Crippen LogP contribution >= 0.6 is 0 Å². The standard InChI is InChI=1S/C19H19N5O2/c25-18-15(11-14-3-1-2-4-16(14)21-18)19(26)22-17-7-10-24(23-17)12-13-5-8-20-9-6-13/h5-11H,1-4,12H2,(H,21,25)(H,22,23,26). The van der Waals surface area contributed by atoms with Crippen molar-refractivity contribution in [2.75, 3.05) is 5.32 Å².